The monoisotopic (exact) mass is 304 g/mol. The Kier molecular flexibility index (Phi) is 6.25. The number of hydrogen-bond donors (Lipinski definition) is 2. The average molecular weight is 305 g/mol. The quantitative estimate of drug-likeness (QED) is 0.736. The maximum Gasteiger partial charge on any atom is 0.267 e. The number of amides is 1. The van der Waals surface area contributed by atoms with Gasteiger partial charge in [-0.05, 0) is 28.4 Å². The molecule has 1 aromatic rings. The summed E-state index contributed by atoms with van der Waals surface area (Å²) in [7, 11) is 1.82. The normalized spacial score (nSPS) is 10.5. The third-order valence-corrected chi connectivity index (χ3v) is 2.62. The molecule has 6 heteroatoms. The number of nitrogens with zero attached hydrogens (tertiary/aromatic N) is 1. The lowest BCUT2D eigenvalue weighted by atomic mass is 10.3. The van der Waals surface area contributed by atoms with Crippen LogP contribution in [0.25, 0.3) is 0 Å². The van der Waals surface area contributed by atoms with Crippen LogP contribution < -0.4 is 5.32 Å². The van der Waals surface area contributed by atoms with Crippen molar-refractivity contribution in [1.82, 2.24) is 9.88 Å². The van der Waals surface area contributed by atoms with Crippen molar-refractivity contribution in [2.45, 2.75) is 6.42 Å². The number of carbonyl (C=O) groups is 1. The zero-order chi connectivity index (χ0) is 12.7. The van der Waals surface area contributed by atoms with E-state index >= 15 is 0 Å². The first-order chi connectivity index (χ1) is 8.15. The number of aliphatic hydroxyl groups is 1. The first-order valence-electron chi connectivity index (χ1n) is 5.44. The van der Waals surface area contributed by atoms with Gasteiger partial charge in [0.05, 0.1) is 13.2 Å². The fraction of sp³-hybridized carbons (Fsp3) is 0.545. The molecule has 0 bridgehead atoms. The Hall–Kier alpha value is -0.850. The predicted octanol–water partition coefficient (Wildman–Crippen LogP) is 0.916. The summed E-state index contributed by atoms with van der Waals surface area (Å²) < 4.78 is 7.74. The van der Waals surface area contributed by atoms with Crippen molar-refractivity contribution < 1.29 is 14.6 Å². The number of aromatic nitrogens is 1. The number of carbonyl (C=O) groups excluding carboxylic acids is 1. The Balaban J connectivity index is 2.23. The molecule has 1 aromatic heterocycles. The highest BCUT2D eigenvalue weighted by Crippen LogP contribution is 2.13. The smallest absolute Gasteiger partial charge is 0.267 e. The van der Waals surface area contributed by atoms with E-state index in [9.17, 15) is 4.79 Å². The van der Waals surface area contributed by atoms with Crippen LogP contribution in [0.5, 0.6) is 0 Å². The van der Waals surface area contributed by atoms with Crippen molar-refractivity contribution in [2.75, 3.05) is 26.4 Å². The summed E-state index contributed by atoms with van der Waals surface area (Å²) >= 11 is 3.32. The summed E-state index contributed by atoms with van der Waals surface area (Å²) in [5.74, 6) is -0.0969. The largest absolute Gasteiger partial charge is 0.394 e. The third kappa shape index (κ3) is 4.89. The molecule has 0 saturated carbocycles. The molecule has 1 amide bonds. The molecule has 0 atom stereocenters. The van der Waals surface area contributed by atoms with Gasteiger partial charge in [-0.2, -0.15) is 0 Å². The number of aliphatic hydroxyl groups excluding tert-OH is 1. The van der Waals surface area contributed by atoms with E-state index in [4.69, 9.17) is 9.84 Å². The lowest BCUT2D eigenvalue weighted by molar-refractivity contribution is 0.0864. The molecule has 0 aliphatic carbocycles. The van der Waals surface area contributed by atoms with Crippen molar-refractivity contribution in [2.24, 2.45) is 7.05 Å². The van der Waals surface area contributed by atoms with Crippen LogP contribution in [0.1, 0.15) is 16.9 Å². The molecular formula is C11H17BrN2O3. The van der Waals surface area contributed by atoms with Gasteiger partial charge in [0.2, 0.25) is 0 Å². The molecular weight excluding hydrogens is 288 g/mol. The fourth-order valence-corrected chi connectivity index (χ4v) is 1.91. The number of ether oxygens (including phenoxy) is 1. The molecule has 0 saturated heterocycles. The van der Waals surface area contributed by atoms with Gasteiger partial charge in [0.1, 0.15) is 5.69 Å². The molecule has 0 unspecified atom stereocenters. The lowest BCUT2D eigenvalue weighted by Gasteiger charge is -2.06. The Bertz CT molecular complexity index is 366. The van der Waals surface area contributed by atoms with Gasteiger partial charge >= 0.3 is 0 Å². The summed E-state index contributed by atoms with van der Waals surface area (Å²) in [4.78, 5) is 11.7. The molecule has 0 aromatic carbocycles. The van der Waals surface area contributed by atoms with Crippen LogP contribution in [0, 0.1) is 0 Å². The number of rotatable bonds is 7. The number of aryl methyl sites for hydroxylation is 1. The molecule has 0 radical (unpaired) electrons. The van der Waals surface area contributed by atoms with Gasteiger partial charge in [-0.15, -0.1) is 0 Å². The topological polar surface area (TPSA) is 63.5 Å². The van der Waals surface area contributed by atoms with E-state index in [-0.39, 0.29) is 12.5 Å². The molecule has 0 fully saturated rings. The van der Waals surface area contributed by atoms with Crippen LogP contribution in [0.2, 0.25) is 0 Å². The van der Waals surface area contributed by atoms with E-state index < -0.39 is 0 Å². The number of hydrogen-bond acceptors (Lipinski definition) is 3. The van der Waals surface area contributed by atoms with Crippen LogP contribution in [0.3, 0.4) is 0 Å². The summed E-state index contributed by atoms with van der Waals surface area (Å²) in [5.41, 5.74) is 0.619. The van der Waals surface area contributed by atoms with Crippen molar-refractivity contribution in [3.05, 3.63) is 22.4 Å². The maximum absolute atomic E-state index is 11.7. The highest BCUT2D eigenvalue weighted by atomic mass is 79.9. The molecule has 0 spiro atoms. The maximum atomic E-state index is 11.7. The Morgan fingerprint density at radius 2 is 2.35 bits per heavy atom. The third-order valence-electron chi connectivity index (χ3n) is 2.19. The number of nitrogens with one attached hydrogen (secondary N) is 1. The van der Waals surface area contributed by atoms with E-state index in [0.717, 1.165) is 10.9 Å². The summed E-state index contributed by atoms with van der Waals surface area (Å²) in [5, 5.41) is 11.3. The van der Waals surface area contributed by atoms with Crippen LogP contribution >= 0.6 is 15.9 Å². The Morgan fingerprint density at radius 1 is 1.59 bits per heavy atom. The van der Waals surface area contributed by atoms with Crippen LogP contribution in [-0.2, 0) is 11.8 Å². The van der Waals surface area contributed by atoms with Crippen molar-refractivity contribution in [3.63, 3.8) is 0 Å². The molecule has 96 valence electrons. The lowest BCUT2D eigenvalue weighted by Crippen LogP contribution is -2.27. The van der Waals surface area contributed by atoms with E-state index in [1.807, 2.05) is 13.2 Å². The molecule has 5 nitrogen and oxygen atoms in total. The second-order valence-corrected chi connectivity index (χ2v) is 4.52. The van der Waals surface area contributed by atoms with Crippen LogP contribution in [-0.4, -0.2) is 41.9 Å². The summed E-state index contributed by atoms with van der Waals surface area (Å²) in [6.07, 6.45) is 2.57. The second-order valence-electron chi connectivity index (χ2n) is 3.60. The first-order valence-corrected chi connectivity index (χ1v) is 6.23. The number of halogens is 1. The van der Waals surface area contributed by atoms with Gasteiger partial charge in [-0.3, -0.25) is 4.79 Å². The van der Waals surface area contributed by atoms with Crippen LogP contribution in [0.15, 0.2) is 16.7 Å². The minimum atomic E-state index is -0.0969. The molecule has 1 heterocycles. The van der Waals surface area contributed by atoms with Gasteiger partial charge in [-0.1, -0.05) is 0 Å². The molecule has 1 rings (SSSR count). The SMILES string of the molecule is Cn1cc(Br)cc1C(=O)NCCCOCCO. The average Bonchev–Trinajstić information content (AvgIpc) is 2.62. The van der Waals surface area contributed by atoms with Gasteiger partial charge < -0.3 is 19.7 Å². The highest BCUT2D eigenvalue weighted by molar-refractivity contribution is 9.10. The van der Waals surface area contributed by atoms with Gasteiger partial charge in [0.25, 0.3) is 5.91 Å². The van der Waals surface area contributed by atoms with E-state index in [0.29, 0.717) is 25.5 Å². The fourth-order valence-electron chi connectivity index (χ4n) is 1.38. The summed E-state index contributed by atoms with van der Waals surface area (Å²) in [6, 6.07) is 1.78. The molecule has 0 aliphatic rings. The van der Waals surface area contributed by atoms with E-state index in [1.54, 1.807) is 10.6 Å². The zero-order valence-corrected chi connectivity index (χ0v) is 11.4. The highest BCUT2D eigenvalue weighted by Gasteiger charge is 2.09. The van der Waals surface area contributed by atoms with E-state index in [1.165, 1.54) is 0 Å². The second kappa shape index (κ2) is 7.47. The van der Waals surface area contributed by atoms with Crippen molar-refractivity contribution in [3.8, 4) is 0 Å². The Labute approximate surface area is 109 Å². The minimum Gasteiger partial charge on any atom is -0.394 e. The van der Waals surface area contributed by atoms with Gasteiger partial charge in [0.15, 0.2) is 0 Å². The standard InChI is InChI=1S/C11H17BrN2O3/c1-14-8-9(12)7-10(14)11(16)13-3-2-5-17-6-4-15/h7-8,15H,2-6H2,1H3,(H,13,16). The first kappa shape index (κ1) is 14.2. The van der Waals surface area contributed by atoms with Gasteiger partial charge in [-0.25, -0.2) is 0 Å². The van der Waals surface area contributed by atoms with E-state index in [2.05, 4.69) is 21.2 Å². The van der Waals surface area contributed by atoms with Crippen LogP contribution in [0.4, 0.5) is 0 Å². The predicted molar refractivity (Wildman–Crippen MR) is 68.0 cm³/mol. The van der Waals surface area contributed by atoms with Crippen molar-refractivity contribution >= 4 is 21.8 Å². The minimum absolute atomic E-state index is 0.0315. The molecule has 0 aliphatic heterocycles. The van der Waals surface area contributed by atoms with Gasteiger partial charge in [0, 0.05) is 30.9 Å². The molecule has 17 heavy (non-hydrogen) atoms. The Morgan fingerprint density at radius 3 is 2.94 bits per heavy atom. The summed E-state index contributed by atoms with van der Waals surface area (Å²) in [6.45, 7) is 1.48. The zero-order valence-electron chi connectivity index (χ0n) is 9.78. The molecule has 2 N–H and O–H groups in total. The van der Waals surface area contributed by atoms with Crippen molar-refractivity contribution in [1.29, 1.82) is 0 Å².